The first-order chi connectivity index (χ1) is 21.6. The number of aromatic nitrogens is 2. The molecule has 0 spiro atoms. The Balaban J connectivity index is 1.14. The van der Waals surface area contributed by atoms with E-state index >= 15 is 4.39 Å². The molecule has 0 amide bonds. The van der Waals surface area contributed by atoms with Crippen molar-refractivity contribution < 1.29 is 12.8 Å². The van der Waals surface area contributed by atoms with Crippen molar-refractivity contribution in [3.8, 4) is 0 Å². The molecule has 45 heavy (non-hydrogen) atoms. The van der Waals surface area contributed by atoms with Gasteiger partial charge in [-0.05, 0) is 56.5 Å². The molecule has 2 fully saturated rings. The normalized spacial score (nSPS) is 18.0. The average molecular weight is 634 g/mol. The number of fused-ring (bicyclic) bond motifs is 1. The van der Waals surface area contributed by atoms with Gasteiger partial charge >= 0.3 is 0 Å². The van der Waals surface area contributed by atoms with E-state index in [-0.39, 0.29) is 5.82 Å². The Morgan fingerprint density at radius 1 is 1.02 bits per heavy atom. The first kappa shape index (κ1) is 31.4. The Bertz CT molecular complexity index is 1660. The number of nitrogens with zero attached hydrogens (tertiary/aromatic N) is 6. The number of nitrogens with one attached hydrogen (secondary N) is 1. The maximum atomic E-state index is 15.5. The SMILES string of the molecule is CC(C)N1CCN(C2CCN(c3ccc(Cc4nc5c(c(Nc6ccccc6N(C)S(C)(=O)=O)n4)C=CC5)cc3F)CC2)CC1. The standard InChI is InChI=1S/C34H44FN7O2S/c1-24(2)40-18-20-41(21-19-40)26-14-16-42(17-15-26)31-13-12-25(22-28(31)35)23-33-36-29-10-7-8-27(29)34(38-33)37-30-9-5-6-11-32(30)39(3)45(4,43)44/h5-9,11-13,22,24,26H,10,14-21,23H2,1-4H3,(H,36,37,38). The van der Waals surface area contributed by atoms with Gasteiger partial charge in [0, 0.05) is 76.8 Å². The number of benzene rings is 2. The molecule has 0 radical (unpaired) electrons. The van der Waals surface area contributed by atoms with Crippen LogP contribution in [0.15, 0.2) is 48.5 Å². The molecule has 1 aliphatic carbocycles. The molecule has 3 heterocycles. The van der Waals surface area contributed by atoms with E-state index in [1.807, 2.05) is 36.4 Å². The summed E-state index contributed by atoms with van der Waals surface area (Å²) in [4.78, 5) is 17.0. The summed E-state index contributed by atoms with van der Waals surface area (Å²) < 4.78 is 41.3. The van der Waals surface area contributed by atoms with Crippen LogP contribution in [0.4, 0.5) is 27.3 Å². The second-order valence-corrected chi connectivity index (χ2v) is 14.7. The molecule has 1 aromatic heterocycles. The molecule has 0 atom stereocenters. The molecule has 2 aromatic carbocycles. The van der Waals surface area contributed by atoms with Crippen LogP contribution in [0.5, 0.6) is 0 Å². The predicted molar refractivity (Wildman–Crippen MR) is 180 cm³/mol. The van der Waals surface area contributed by atoms with Crippen LogP contribution in [0.1, 0.15) is 49.3 Å². The lowest BCUT2D eigenvalue weighted by Gasteiger charge is -2.44. The molecule has 240 valence electrons. The minimum atomic E-state index is -3.46. The predicted octanol–water partition coefficient (Wildman–Crippen LogP) is 4.91. The largest absolute Gasteiger partial charge is 0.369 e. The van der Waals surface area contributed by atoms with Crippen LogP contribution >= 0.6 is 0 Å². The number of piperidine rings is 1. The van der Waals surface area contributed by atoms with Crippen LogP contribution < -0.4 is 14.5 Å². The van der Waals surface area contributed by atoms with Gasteiger partial charge in [0.1, 0.15) is 17.5 Å². The zero-order chi connectivity index (χ0) is 31.7. The topological polar surface area (TPSA) is 84.9 Å². The monoisotopic (exact) mass is 633 g/mol. The third-order valence-corrected chi connectivity index (χ3v) is 10.6. The number of hydrogen-bond acceptors (Lipinski definition) is 8. The maximum absolute atomic E-state index is 15.5. The molecule has 0 unspecified atom stereocenters. The number of anilines is 4. The van der Waals surface area contributed by atoms with Gasteiger partial charge in [0.25, 0.3) is 0 Å². The van der Waals surface area contributed by atoms with Gasteiger partial charge in [-0.25, -0.2) is 22.8 Å². The van der Waals surface area contributed by atoms with Crippen molar-refractivity contribution in [1.82, 2.24) is 19.8 Å². The highest BCUT2D eigenvalue weighted by Gasteiger charge is 2.29. The van der Waals surface area contributed by atoms with E-state index in [9.17, 15) is 8.42 Å². The summed E-state index contributed by atoms with van der Waals surface area (Å²) in [5.41, 5.74) is 4.38. The summed E-state index contributed by atoms with van der Waals surface area (Å²) in [7, 11) is -1.93. The van der Waals surface area contributed by atoms with Gasteiger partial charge in [-0.1, -0.05) is 30.4 Å². The third kappa shape index (κ3) is 7.00. The molecule has 2 saturated heterocycles. The minimum absolute atomic E-state index is 0.213. The maximum Gasteiger partial charge on any atom is 0.232 e. The van der Waals surface area contributed by atoms with Gasteiger partial charge < -0.3 is 10.2 Å². The number of hydrogen-bond donors (Lipinski definition) is 1. The second-order valence-electron chi connectivity index (χ2n) is 12.7. The van der Waals surface area contributed by atoms with Gasteiger partial charge in [-0.3, -0.25) is 14.1 Å². The van der Waals surface area contributed by atoms with Crippen LogP contribution in [0.25, 0.3) is 6.08 Å². The Morgan fingerprint density at radius 3 is 2.44 bits per heavy atom. The van der Waals surface area contributed by atoms with Gasteiger partial charge in [0.05, 0.1) is 29.0 Å². The highest BCUT2D eigenvalue weighted by molar-refractivity contribution is 7.92. The Labute approximate surface area is 266 Å². The first-order valence-corrected chi connectivity index (χ1v) is 17.8. The number of sulfonamides is 1. The van der Waals surface area contributed by atoms with E-state index in [1.165, 1.54) is 17.6 Å². The fourth-order valence-corrected chi connectivity index (χ4v) is 7.23. The van der Waals surface area contributed by atoms with Crippen LogP contribution in [0.3, 0.4) is 0 Å². The van der Waals surface area contributed by atoms with E-state index in [0.29, 0.717) is 53.6 Å². The van der Waals surface area contributed by atoms with E-state index in [2.05, 4.69) is 33.9 Å². The number of para-hydroxylation sites is 2. The van der Waals surface area contributed by atoms with Gasteiger partial charge in [0.15, 0.2) is 0 Å². The zero-order valence-corrected chi connectivity index (χ0v) is 27.5. The van der Waals surface area contributed by atoms with Gasteiger partial charge in [-0.2, -0.15) is 0 Å². The average Bonchev–Trinajstić information content (AvgIpc) is 3.50. The Morgan fingerprint density at radius 2 is 1.76 bits per heavy atom. The molecule has 1 N–H and O–H groups in total. The molecule has 6 rings (SSSR count). The lowest BCUT2D eigenvalue weighted by atomic mass is 10.0. The van der Waals surface area contributed by atoms with Crippen LogP contribution in [0, 0.1) is 5.82 Å². The summed E-state index contributed by atoms with van der Waals surface area (Å²) in [6.45, 7) is 10.7. The summed E-state index contributed by atoms with van der Waals surface area (Å²) in [5.74, 6) is 0.971. The van der Waals surface area contributed by atoms with Crippen molar-refractivity contribution in [3.63, 3.8) is 0 Å². The van der Waals surface area contributed by atoms with E-state index in [1.54, 1.807) is 18.2 Å². The quantitative estimate of drug-likeness (QED) is 0.356. The van der Waals surface area contributed by atoms with Gasteiger partial charge in [0.2, 0.25) is 10.0 Å². The molecular weight excluding hydrogens is 589 g/mol. The summed E-state index contributed by atoms with van der Waals surface area (Å²) in [6, 6.07) is 13.9. The molecular formula is C34H44FN7O2S. The molecule has 0 saturated carbocycles. The van der Waals surface area contributed by atoms with Crippen molar-refractivity contribution >= 4 is 39.0 Å². The van der Waals surface area contributed by atoms with Crippen LogP contribution in [0.2, 0.25) is 0 Å². The van der Waals surface area contributed by atoms with Gasteiger partial charge in [-0.15, -0.1) is 0 Å². The molecule has 2 aliphatic heterocycles. The number of allylic oxidation sites excluding steroid dienone is 1. The third-order valence-electron chi connectivity index (χ3n) is 9.44. The van der Waals surface area contributed by atoms with Crippen LogP contribution in [-0.2, 0) is 22.9 Å². The van der Waals surface area contributed by atoms with E-state index in [0.717, 1.165) is 68.9 Å². The summed E-state index contributed by atoms with van der Waals surface area (Å²) in [5, 5.41) is 3.35. The summed E-state index contributed by atoms with van der Waals surface area (Å²) in [6.07, 6.45) is 8.36. The highest BCUT2D eigenvalue weighted by atomic mass is 32.2. The molecule has 3 aliphatic rings. The lowest BCUT2D eigenvalue weighted by molar-refractivity contribution is 0.0692. The highest BCUT2D eigenvalue weighted by Crippen LogP contribution is 2.33. The lowest BCUT2D eigenvalue weighted by Crippen LogP contribution is -2.54. The Kier molecular flexibility index (Phi) is 9.12. The molecule has 3 aromatic rings. The summed E-state index contributed by atoms with van der Waals surface area (Å²) >= 11 is 0. The second kappa shape index (κ2) is 13.1. The molecule has 9 nitrogen and oxygen atoms in total. The molecule has 11 heteroatoms. The van der Waals surface area contributed by atoms with Crippen molar-refractivity contribution in [3.05, 3.63) is 77.0 Å². The fourth-order valence-electron chi connectivity index (χ4n) is 6.71. The van der Waals surface area contributed by atoms with Crippen molar-refractivity contribution in [2.45, 2.75) is 51.6 Å². The number of piperazine rings is 1. The smallest absolute Gasteiger partial charge is 0.232 e. The number of rotatable bonds is 9. The zero-order valence-electron chi connectivity index (χ0n) is 26.7. The van der Waals surface area contributed by atoms with Crippen molar-refractivity contribution in [2.24, 2.45) is 0 Å². The fraction of sp³-hybridized carbons (Fsp3) is 0.471. The number of halogens is 1. The van der Waals surface area contributed by atoms with Crippen molar-refractivity contribution in [2.75, 3.05) is 67.1 Å². The van der Waals surface area contributed by atoms with E-state index < -0.39 is 10.0 Å². The molecule has 0 bridgehead atoms. The Hall–Kier alpha value is -3.54. The first-order valence-electron chi connectivity index (χ1n) is 15.9. The van der Waals surface area contributed by atoms with Crippen LogP contribution in [-0.4, -0.2) is 92.8 Å². The minimum Gasteiger partial charge on any atom is -0.369 e. The van der Waals surface area contributed by atoms with E-state index in [4.69, 9.17) is 9.97 Å². The van der Waals surface area contributed by atoms with Crippen molar-refractivity contribution in [1.29, 1.82) is 0 Å².